The summed E-state index contributed by atoms with van der Waals surface area (Å²) in [4.78, 5) is 0. The third-order valence-electron chi connectivity index (χ3n) is 9.86. The molecule has 2 atom stereocenters. The van der Waals surface area contributed by atoms with Gasteiger partial charge in [0.15, 0.2) is 0 Å². The molecule has 5 aliphatic rings. The van der Waals surface area contributed by atoms with Gasteiger partial charge in [-0.3, -0.25) is 11.5 Å². The Kier molecular flexibility index (Phi) is 3.68. The zero-order valence-electron chi connectivity index (χ0n) is 22.9. The molecule has 0 aliphatic carbocycles. The third kappa shape index (κ3) is 2.06. The van der Waals surface area contributed by atoms with E-state index in [0.717, 1.165) is 27.7 Å². The van der Waals surface area contributed by atoms with E-state index in [2.05, 4.69) is 18.7 Å². The maximum absolute atomic E-state index is 7.72. The lowest BCUT2D eigenvalue weighted by atomic mass is 9.84. The number of nitrogens with two attached hydrogens (primary N) is 2. The largest absolute Gasteiger partial charge is 0.496 e. The van der Waals surface area contributed by atoms with Gasteiger partial charge in [-0.1, -0.05) is 24.3 Å². The molecule has 4 aromatic carbocycles. The molecule has 0 radical (unpaired) electrons. The fourth-order valence-electron chi connectivity index (χ4n) is 8.39. The molecular weight excluding hydrogens is 548 g/mol. The summed E-state index contributed by atoms with van der Waals surface area (Å²) < 4.78 is 28.8. The van der Waals surface area contributed by atoms with Gasteiger partial charge in [0.1, 0.15) is 45.6 Å². The van der Waals surface area contributed by atoms with E-state index in [9.17, 15) is 0 Å². The van der Waals surface area contributed by atoms with Crippen molar-refractivity contribution < 1.29 is 28.3 Å². The average Bonchev–Trinajstić information content (AvgIpc) is 3.28. The average molecular weight is 573 g/mol. The third-order valence-corrected chi connectivity index (χ3v) is 14.2. The summed E-state index contributed by atoms with van der Waals surface area (Å²) in [6, 6.07) is 19.8. The number of aromatic nitrogens is 4. The lowest BCUT2D eigenvalue weighted by Crippen LogP contribution is -2.99. The van der Waals surface area contributed by atoms with E-state index in [4.69, 9.17) is 40.6 Å². The Morgan fingerprint density at radius 3 is 1.57 bits per heavy atom. The molecule has 42 heavy (non-hydrogen) atoms. The monoisotopic (exact) mass is 572 g/mol. The molecule has 0 spiro atoms. The van der Waals surface area contributed by atoms with Gasteiger partial charge in [0.2, 0.25) is 6.33 Å². The van der Waals surface area contributed by atoms with E-state index in [-0.39, 0.29) is 0 Å². The highest BCUT2D eigenvalue weighted by molar-refractivity contribution is 7.12. The van der Waals surface area contributed by atoms with Crippen LogP contribution in [0.15, 0.2) is 67.0 Å². The molecule has 10 rings (SSSR count). The second-order valence-corrected chi connectivity index (χ2v) is 15.2. The normalized spacial score (nSPS) is 25.0. The summed E-state index contributed by atoms with van der Waals surface area (Å²) in [5, 5.41) is 12.2. The van der Waals surface area contributed by atoms with Crippen molar-refractivity contribution in [2.75, 3.05) is 14.2 Å². The smallest absolute Gasteiger partial charge is 0.432 e. The predicted octanol–water partition coefficient (Wildman–Crippen LogP) is 0.404. The van der Waals surface area contributed by atoms with Gasteiger partial charge in [-0.05, 0) is 73.8 Å². The van der Waals surface area contributed by atoms with Crippen LogP contribution in [-0.2, 0) is 11.3 Å². The van der Waals surface area contributed by atoms with Crippen LogP contribution in [0.2, 0.25) is 6.55 Å². The number of methoxy groups -OCH3 is 2. The van der Waals surface area contributed by atoms with E-state index in [1.165, 1.54) is 16.7 Å². The topological polar surface area (TPSA) is 122 Å². The van der Waals surface area contributed by atoms with E-state index in [0.29, 0.717) is 45.6 Å². The summed E-state index contributed by atoms with van der Waals surface area (Å²) in [5.74, 6) is 3.89. The van der Waals surface area contributed by atoms with E-state index in [1.807, 2.05) is 57.9 Å². The van der Waals surface area contributed by atoms with Gasteiger partial charge >= 0.3 is 24.8 Å². The van der Waals surface area contributed by atoms with Crippen molar-refractivity contribution in [2.24, 2.45) is 11.5 Å². The molecule has 0 bridgehead atoms. The Morgan fingerprint density at radius 2 is 1.12 bits per heavy atom. The number of ether oxygens (including phenoxy) is 4. The Hall–Kier alpha value is -4.84. The number of benzene rings is 4. The van der Waals surface area contributed by atoms with Crippen LogP contribution in [0.25, 0.3) is 11.1 Å². The Morgan fingerprint density at radius 1 is 0.667 bits per heavy atom. The van der Waals surface area contributed by atoms with Crippen molar-refractivity contribution >= 4 is 23.9 Å². The van der Waals surface area contributed by atoms with Gasteiger partial charge in [0.25, 0.3) is 0 Å². The molecule has 11 heteroatoms. The van der Waals surface area contributed by atoms with E-state index >= 15 is 0 Å². The Labute approximate surface area is 240 Å². The number of hydrogen-bond acceptors (Lipinski definition) is 8. The lowest BCUT2D eigenvalue weighted by Gasteiger charge is -2.42. The SMILES string of the molecule is COc1cccc2c1C1(N)c3c(ccc4c3[Si]3(C)c5c-4ccc4c5C(N)(c5c(OC)cccc5O4)[n+]4ncn[n+]1c43)O2. The fourth-order valence-corrected chi connectivity index (χ4v) is 13.5. The molecule has 0 fully saturated rings. The summed E-state index contributed by atoms with van der Waals surface area (Å²) in [5.41, 5.74) is 19.2. The zero-order chi connectivity index (χ0) is 28.3. The van der Waals surface area contributed by atoms with Crippen molar-refractivity contribution in [3.63, 3.8) is 0 Å². The lowest BCUT2D eigenvalue weighted by molar-refractivity contribution is -0.895. The number of hydrogen-bond donors (Lipinski definition) is 2. The molecule has 6 heterocycles. The highest BCUT2D eigenvalue weighted by atomic mass is 28.3. The molecule has 4 N–H and O–H groups in total. The molecule has 10 nitrogen and oxygen atoms in total. The second kappa shape index (κ2) is 6.79. The van der Waals surface area contributed by atoms with Crippen molar-refractivity contribution in [2.45, 2.75) is 17.9 Å². The molecule has 5 aromatic rings. The first-order valence-corrected chi connectivity index (χ1v) is 16.2. The molecule has 1 aromatic heterocycles. The summed E-state index contributed by atoms with van der Waals surface area (Å²) in [6.07, 6.45) is 1.53. The van der Waals surface area contributed by atoms with Gasteiger partial charge in [-0.15, -0.1) is 0 Å². The minimum absolute atomic E-state index is 0.614. The molecular formula is C31H24N6O4Si+2. The minimum atomic E-state index is -2.86. The van der Waals surface area contributed by atoms with Crippen LogP contribution >= 0.6 is 0 Å². The molecule has 2 unspecified atom stereocenters. The van der Waals surface area contributed by atoms with Crippen LogP contribution in [0, 0.1) is 0 Å². The molecule has 0 amide bonds. The highest BCUT2D eigenvalue weighted by Crippen LogP contribution is 2.54. The van der Waals surface area contributed by atoms with Crippen LogP contribution in [0.1, 0.15) is 22.3 Å². The maximum Gasteiger partial charge on any atom is 0.432 e. The molecule has 0 saturated carbocycles. The van der Waals surface area contributed by atoms with E-state index < -0.39 is 19.4 Å². The first-order valence-electron chi connectivity index (χ1n) is 13.7. The molecule has 5 aliphatic heterocycles. The van der Waals surface area contributed by atoms with Crippen LogP contribution < -0.4 is 55.6 Å². The Balaban J connectivity index is 1.46. The van der Waals surface area contributed by atoms with Crippen LogP contribution in [0.4, 0.5) is 0 Å². The molecule has 0 saturated heterocycles. The highest BCUT2D eigenvalue weighted by Gasteiger charge is 2.77. The van der Waals surface area contributed by atoms with Crippen molar-refractivity contribution in [1.29, 1.82) is 0 Å². The minimum Gasteiger partial charge on any atom is -0.496 e. The van der Waals surface area contributed by atoms with Gasteiger partial charge in [-0.25, -0.2) is 0 Å². The van der Waals surface area contributed by atoms with Crippen molar-refractivity contribution in [3.8, 4) is 45.6 Å². The zero-order valence-corrected chi connectivity index (χ0v) is 23.9. The van der Waals surface area contributed by atoms with Gasteiger partial charge in [0.05, 0.1) is 25.3 Å². The fraction of sp³-hybridized carbons (Fsp3) is 0.161. The standard InChI is InChI=1S/C31H24N6O4Si/c1-38-17-6-4-8-19-23(17)30(32)25-21(40-19)12-10-15-16-11-13-22-26-28(16)42(3,27(15)25)29-36(30)34-14-35-37(29)31(26,33)24-18(39-2)7-5-9-20(24)41-22/h4-14H,32-33H2,1-3H3/q+2. The van der Waals surface area contributed by atoms with Gasteiger partial charge in [-0.2, -0.15) is 0 Å². The van der Waals surface area contributed by atoms with Gasteiger partial charge in [0, 0.05) is 10.2 Å². The quantitative estimate of drug-likeness (QED) is 0.230. The molecule has 204 valence electrons. The summed E-state index contributed by atoms with van der Waals surface area (Å²) >= 11 is 0. The number of nitrogens with zero attached hydrogens (tertiary/aromatic N) is 4. The maximum atomic E-state index is 7.72. The second-order valence-electron chi connectivity index (χ2n) is 11.5. The number of fused-ring (bicyclic) bond motifs is 7. The Bertz CT molecular complexity index is 2010. The van der Waals surface area contributed by atoms with Crippen LogP contribution in [-0.4, -0.2) is 32.5 Å². The van der Waals surface area contributed by atoms with Gasteiger partial charge < -0.3 is 18.9 Å². The van der Waals surface area contributed by atoms with E-state index in [1.54, 1.807) is 14.2 Å². The van der Waals surface area contributed by atoms with Crippen molar-refractivity contribution in [3.05, 3.63) is 89.2 Å². The first kappa shape index (κ1) is 22.8. The van der Waals surface area contributed by atoms with Crippen LogP contribution in [0.3, 0.4) is 0 Å². The van der Waals surface area contributed by atoms with Crippen LogP contribution in [0.5, 0.6) is 34.5 Å². The first-order chi connectivity index (χ1) is 20.4. The summed E-state index contributed by atoms with van der Waals surface area (Å²) in [7, 11) is 0.426. The predicted molar refractivity (Wildman–Crippen MR) is 152 cm³/mol. The number of rotatable bonds is 2. The van der Waals surface area contributed by atoms with Crippen molar-refractivity contribution in [1.82, 2.24) is 10.2 Å². The summed E-state index contributed by atoms with van der Waals surface area (Å²) in [6.45, 7) is 2.33.